The van der Waals surface area contributed by atoms with Gasteiger partial charge in [0, 0.05) is 0 Å². The molecule has 22 heavy (non-hydrogen) atoms. The number of rotatable bonds is 4. The summed E-state index contributed by atoms with van der Waals surface area (Å²) in [6, 6.07) is 2.67. The summed E-state index contributed by atoms with van der Waals surface area (Å²) in [6.07, 6.45) is 0. The Labute approximate surface area is 126 Å². The highest BCUT2D eigenvalue weighted by molar-refractivity contribution is 6.22. The number of carbonyl (C=O) groups excluding carboxylic acids is 3. The number of carboxylic acids is 1. The van der Waals surface area contributed by atoms with E-state index in [1.165, 1.54) is 13.8 Å². The molecule has 0 radical (unpaired) electrons. The average molecular weight is 304 g/mol. The molecule has 1 aliphatic heterocycles. The van der Waals surface area contributed by atoms with Crippen LogP contribution in [0.25, 0.3) is 0 Å². The monoisotopic (exact) mass is 304 g/mol. The van der Waals surface area contributed by atoms with Gasteiger partial charge in [-0.15, -0.1) is 0 Å². The van der Waals surface area contributed by atoms with Crippen molar-refractivity contribution >= 4 is 23.7 Å². The summed E-state index contributed by atoms with van der Waals surface area (Å²) >= 11 is 0. The summed E-state index contributed by atoms with van der Waals surface area (Å²) in [5.74, 6) is -2.99. The number of carboxylic acid groups (broad SMARTS) is 1. The lowest BCUT2D eigenvalue weighted by atomic mass is 10.1. The van der Waals surface area contributed by atoms with Crippen molar-refractivity contribution in [1.29, 1.82) is 0 Å². The molecule has 7 nitrogen and oxygen atoms in total. The molecule has 2 unspecified atom stereocenters. The van der Waals surface area contributed by atoms with Crippen LogP contribution in [0.1, 0.15) is 40.1 Å². The topological polar surface area (TPSA) is 104 Å². The second-order valence-corrected chi connectivity index (χ2v) is 5.27. The average Bonchev–Trinajstić information content (AvgIpc) is 2.69. The van der Waals surface area contributed by atoms with E-state index in [0.29, 0.717) is 0 Å². The Morgan fingerprint density at radius 1 is 1.14 bits per heavy atom. The molecular formula is C15H16N2O5. The maximum absolute atomic E-state index is 12.3. The molecule has 1 aromatic rings. The van der Waals surface area contributed by atoms with Gasteiger partial charge in [-0.2, -0.15) is 0 Å². The van der Waals surface area contributed by atoms with Crippen LogP contribution in [0.2, 0.25) is 0 Å². The van der Waals surface area contributed by atoms with Crippen molar-refractivity contribution in [2.45, 2.75) is 32.9 Å². The third kappa shape index (κ3) is 2.57. The number of hydrogen-bond acceptors (Lipinski definition) is 4. The van der Waals surface area contributed by atoms with Gasteiger partial charge in [-0.3, -0.25) is 24.1 Å². The number of fused-ring (bicyclic) bond motifs is 1. The van der Waals surface area contributed by atoms with Gasteiger partial charge in [-0.05, 0) is 32.9 Å². The Hall–Kier alpha value is -2.70. The van der Waals surface area contributed by atoms with Crippen LogP contribution in [0.15, 0.2) is 18.2 Å². The van der Waals surface area contributed by atoms with Crippen molar-refractivity contribution in [3.63, 3.8) is 0 Å². The van der Waals surface area contributed by atoms with Crippen molar-refractivity contribution in [3.8, 4) is 0 Å². The zero-order valence-electron chi connectivity index (χ0n) is 12.4. The molecule has 3 amide bonds. The molecule has 2 atom stereocenters. The number of imide groups is 1. The lowest BCUT2D eigenvalue weighted by molar-refractivity contribution is -0.141. The zero-order valence-corrected chi connectivity index (χ0v) is 12.4. The van der Waals surface area contributed by atoms with Crippen LogP contribution in [0, 0.1) is 6.92 Å². The van der Waals surface area contributed by atoms with E-state index in [1.807, 2.05) is 0 Å². The SMILES string of the molecule is Cc1ccc2c(c1)C(=O)N(C(C)C(=O)NC(C)C(=O)O)C2=O. The number of amides is 3. The van der Waals surface area contributed by atoms with Crippen LogP contribution in [0.5, 0.6) is 0 Å². The van der Waals surface area contributed by atoms with E-state index < -0.39 is 35.8 Å². The number of aryl methyl sites for hydroxylation is 1. The van der Waals surface area contributed by atoms with Gasteiger partial charge in [0.05, 0.1) is 11.1 Å². The van der Waals surface area contributed by atoms with Gasteiger partial charge in [0.25, 0.3) is 11.8 Å². The van der Waals surface area contributed by atoms with E-state index >= 15 is 0 Å². The number of nitrogens with zero attached hydrogens (tertiary/aromatic N) is 1. The minimum atomic E-state index is -1.20. The second-order valence-electron chi connectivity index (χ2n) is 5.27. The molecule has 0 aliphatic carbocycles. The van der Waals surface area contributed by atoms with Gasteiger partial charge in [0.15, 0.2) is 0 Å². The number of aliphatic carboxylic acids is 1. The van der Waals surface area contributed by atoms with Gasteiger partial charge >= 0.3 is 5.97 Å². The third-order valence-electron chi connectivity index (χ3n) is 3.57. The lowest BCUT2D eigenvalue weighted by Gasteiger charge is -2.22. The van der Waals surface area contributed by atoms with E-state index in [4.69, 9.17) is 5.11 Å². The first-order valence-electron chi connectivity index (χ1n) is 6.75. The number of carbonyl (C=O) groups is 4. The number of hydrogen-bond donors (Lipinski definition) is 2. The fourth-order valence-electron chi connectivity index (χ4n) is 2.24. The summed E-state index contributed by atoms with van der Waals surface area (Å²) in [7, 11) is 0. The Kier molecular flexibility index (Phi) is 3.99. The largest absolute Gasteiger partial charge is 0.480 e. The van der Waals surface area contributed by atoms with Crippen molar-refractivity contribution in [3.05, 3.63) is 34.9 Å². The maximum Gasteiger partial charge on any atom is 0.325 e. The Morgan fingerprint density at radius 3 is 2.32 bits per heavy atom. The predicted octanol–water partition coefficient (Wildman–Crippen LogP) is 0.569. The van der Waals surface area contributed by atoms with Crippen LogP contribution >= 0.6 is 0 Å². The van der Waals surface area contributed by atoms with Gasteiger partial charge < -0.3 is 10.4 Å². The molecule has 2 N–H and O–H groups in total. The van der Waals surface area contributed by atoms with Crippen molar-refractivity contribution < 1.29 is 24.3 Å². The van der Waals surface area contributed by atoms with Gasteiger partial charge in [0.2, 0.25) is 5.91 Å². The molecule has 116 valence electrons. The Morgan fingerprint density at radius 2 is 1.73 bits per heavy atom. The van der Waals surface area contributed by atoms with Crippen LogP contribution in [-0.4, -0.2) is 45.8 Å². The Balaban J connectivity index is 2.24. The molecule has 0 saturated carbocycles. The minimum Gasteiger partial charge on any atom is -0.480 e. The zero-order chi connectivity index (χ0) is 16.6. The Bertz CT molecular complexity index is 683. The molecule has 7 heteroatoms. The first-order chi connectivity index (χ1) is 10.2. The van der Waals surface area contributed by atoms with Crippen LogP contribution in [0.3, 0.4) is 0 Å². The van der Waals surface area contributed by atoms with Gasteiger partial charge in [-0.25, -0.2) is 0 Å². The fourth-order valence-corrected chi connectivity index (χ4v) is 2.24. The first-order valence-corrected chi connectivity index (χ1v) is 6.75. The van der Waals surface area contributed by atoms with E-state index in [-0.39, 0.29) is 11.1 Å². The normalized spacial score (nSPS) is 16.2. The molecule has 1 aliphatic rings. The standard InChI is InChI=1S/C15H16N2O5/c1-7-4-5-10-11(6-7)14(20)17(13(10)19)9(3)12(18)16-8(2)15(21)22/h4-6,8-9H,1-3H3,(H,16,18)(H,21,22). The summed E-state index contributed by atoms with van der Waals surface area (Å²) in [5, 5.41) is 11.0. The smallest absolute Gasteiger partial charge is 0.325 e. The highest BCUT2D eigenvalue weighted by atomic mass is 16.4. The van der Waals surface area contributed by atoms with E-state index in [9.17, 15) is 19.2 Å². The lowest BCUT2D eigenvalue weighted by Crippen LogP contribution is -2.51. The minimum absolute atomic E-state index is 0.251. The molecule has 2 rings (SSSR count). The van der Waals surface area contributed by atoms with E-state index in [0.717, 1.165) is 10.5 Å². The van der Waals surface area contributed by atoms with Crippen molar-refractivity contribution in [2.75, 3.05) is 0 Å². The van der Waals surface area contributed by atoms with E-state index in [2.05, 4.69) is 5.32 Å². The molecule has 1 aromatic carbocycles. The number of benzene rings is 1. The first kappa shape index (κ1) is 15.7. The summed E-state index contributed by atoms with van der Waals surface area (Å²) in [4.78, 5) is 48.3. The highest BCUT2D eigenvalue weighted by Crippen LogP contribution is 2.25. The van der Waals surface area contributed by atoms with Crippen LogP contribution in [0.4, 0.5) is 0 Å². The van der Waals surface area contributed by atoms with Crippen molar-refractivity contribution in [2.24, 2.45) is 0 Å². The van der Waals surface area contributed by atoms with E-state index in [1.54, 1.807) is 25.1 Å². The summed E-state index contributed by atoms with van der Waals surface area (Å²) < 4.78 is 0. The summed E-state index contributed by atoms with van der Waals surface area (Å²) in [6.45, 7) is 4.49. The molecule has 1 heterocycles. The van der Waals surface area contributed by atoms with Gasteiger partial charge in [-0.1, -0.05) is 11.6 Å². The second kappa shape index (κ2) is 5.59. The molecule has 0 spiro atoms. The predicted molar refractivity (Wildman–Crippen MR) is 76.4 cm³/mol. The molecule has 0 saturated heterocycles. The third-order valence-corrected chi connectivity index (χ3v) is 3.57. The number of nitrogens with one attached hydrogen (secondary N) is 1. The highest BCUT2D eigenvalue weighted by Gasteiger charge is 2.41. The molecule has 0 fully saturated rings. The maximum atomic E-state index is 12.3. The fraction of sp³-hybridized carbons (Fsp3) is 0.333. The van der Waals surface area contributed by atoms with Crippen LogP contribution in [-0.2, 0) is 9.59 Å². The summed E-state index contributed by atoms with van der Waals surface area (Å²) in [5.41, 5.74) is 1.34. The molecule has 0 aromatic heterocycles. The molecule has 0 bridgehead atoms. The van der Waals surface area contributed by atoms with Gasteiger partial charge in [0.1, 0.15) is 12.1 Å². The van der Waals surface area contributed by atoms with Crippen molar-refractivity contribution in [1.82, 2.24) is 10.2 Å². The quantitative estimate of drug-likeness (QED) is 0.791. The molecular weight excluding hydrogens is 288 g/mol. The van der Waals surface area contributed by atoms with Crippen LogP contribution < -0.4 is 5.32 Å².